The van der Waals surface area contributed by atoms with Crippen molar-refractivity contribution >= 4 is 24.0 Å². The number of esters is 3. The summed E-state index contributed by atoms with van der Waals surface area (Å²) in [5.74, 6) is -1.96. The van der Waals surface area contributed by atoms with Crippen molar-refractivity contribution in [3.05, 3.63) is 0 Å². The van der Waals surface area contributed by atoms with Crippen molar-refractivity contribution in [1.82, 2.24) is 4.90 Å². The molecule has 0 aromatic rings. The molecule has 28 heavy (non-hydrogen) atoms. The largest absolute Gasteiger partial charge is 0.466 e. The average molecular weight is 401 g/mol. The Morgan fingerprint density at radius 3 is 1.93 bits per heavy atom. The van der Waals surface area contributed by atoms with Gasteiger partial charge in [0.25, 0.3) is 0 Å². The fourth-order valence-corrected chi connectivity index (χ4v) is 2.82. The maximum atomic E-state index is 12.2. The van der Waals surface area contributed by atoms with E-state index < -0.39 is 41.6 Å². The normalized spacial score (nSPS) is 16.1. The first-order valence-corrected chi connectivity index (χ1v) is 9.51. The van der Waals surface area contributed by atoms with Gasteiger partial charge in [-0.1, -0.05) is 0 Å². The summed E-state index contributed by atoms with van der Waals surface area (Å²) in [6, 6.07) is 0. The molecule has 0 N–H and O–H groups in total. The molecule has 0 saturated carbocycles. The van der Waals surface area contributed by atoms with Crippen LogP contribution in [0, 0.1) is 0 Å². The van der Waals surface area contributed by atoms with Gasteiger partial charge in [-0.3, -0.25) is 14.4 Å². The third-order valence-corrected chi connectivity index (χ3v) is 4.02. The Morgan fingerprint density at radius 1 is 0.893 bits per heavy atom. The number of carbonyl (C=O) groups is 4. The molecule has 1 rings (SSSR count). The molecule has 1 aliphatic rings. The molecule has 0 unspecified atom stereocenters. The van der Waals surface area contributed by atoms with E-state index >= 15 is 0 Å². The highest BCUT2D eigenvalue weighted by atomic mass is 16.6. The lowest BCUT2D eigenvalue weighted by Crippen LogP contribution is -2.51. The van der Waals surface area contributed by atoms with Crippen LogP contribution in [0.5, 0.6) is 0 Å². The highest BCUT2D eigenvalue weighted by Crippen LogP contribution is 2.32. The second-order valence-corrected chi connectivity index (χ2v) is 7.59. The van der Waals surface area contributed by atoms with E-state index in [2.05, 4.69) is 0 Å². The summed E-state index contributed by atoms with van der Waals surface area (Å²) in [4.78, 5) is 49.4. The lowest BCUT2D eigenvalue weighted by atomic mass is 9.88. The number of likely N-dealkylation sites (tertiary alicyclic amines) is 1. The summed E-state index contributed by atoms with van der Waals surface area (Å²) in [5.41, 5.74) is -1.75. The molecule has 0 aromatic carbocycles. The summed E-state index contributed by atoms with van der Waals surface area (Å²) in [6.07, 6.45) is -0.666. The fourth-order valence-electron chi connectivity index (χ4n) is 2.82. The van der Waals surface area contributed by atoms with Crippen LogP contribution in [0.1, 0.15) is 60.3 Å². The predicted molar refractivity (Wildman–Crippen MR) is 98.4 cm³/mol. The van der Waals surface area contributed by atoms with Crippen LogP contribution in [-0.4, -0.2) is 66.4 Å². The number of carbonyl (C=O) groups excluding carboxylic acids is 4. The molecule has 1 amide bonds. The van der Waals surface area contributed by atoms with Gasteiger partial charge in [0.1, 0.15) is 17.6 Å². The first kappa shape index (κ1) is 23.7. The van der Waals surface area contributed by atoms with E-state index in [0.717, 1.165) is 0 Å². The molecule has 0 bridgehead atoms. The van der Waals surface area contributed by atoms with Gasteiger partial charge in [-0.05, 0) is 34.6 Å². The van der Waals surface area contributed by atoms with E-state index in [0.29, 0.717) is 0 Å². The first-order valence-electron chi connectivity index (χ1n) is 9.51. The monoisotopic (exact) mass is 401 g/mol. The topological polar surface area (TPSA) is 108 Å². The van der Waals surface area contributed by atoms with Crippen LogP contribution in [-0.2, 0) is 33.3 Å². The van der Waals surface area contributed by atoms with Gasteiger partial charge in [0, 0.05) is 25.9 Å². The van der Waals surface area contributed by atoms with Crippen molar-refractivity contribution < 1.29 is 38.1 Å². The van der Waals surface area contributed by atoms with Crippen molar-refractivity contribution in [2.75, 3.05) is 26.3 Å². The summed E-state index contributed by atoms with van der Waals surface area (Å²) in [6.45, 7) is 9.51. The van der Waals surface area contributed by atoms with Gasteiger partial charge in [0.15, 0.2) is 0 Å². The number of piperidine rings is 1. The van der Waals surface area contributed by atoms with Gasteiger partial charge in [-0.2, -0.15) is 0 Å². The molecule has 9 heteroatoms. The van der Waals surface area contributed by atoms with E-state index in [9.17, 15) is 19.2 Å². The van der Waals surface area contributed by atoms with Crippen LogP contribution in [0.4, 0.5) is 4.79 Å². The zero-order valence-corrected chi connectivity index (χ0v) is 17.4. The SMILES string of the molecule is CCOC(=O)CC(=O)OC1(CC(=O)OCC)CCN(C(=O)OC(C)(C)C)CC1. The lowest BCUT2D eigenvalue weighted by molar-refractivity contribution is -0.174. The summed E-state index contributed by atoms with van der Waals surface area (Å²) in [5, 5.41) is 0. The molecule has 0 aromatic heterocycles. The minimum absolute atomic E-state index is 0.141. The molecular formula is C19H31NO8. The molecule has 0 atom stereocenters. The van der Waals surface area contributed by atoms with Crippen LogP contribution in [0.2, 0.25) is 0 Å². The van der Waals surface area contributed by atoms with Crippen LogP contribution >= 0.6 is 0 Å². The van der Waals surface area contributed by atoms with Crippen LogP contribution in [0.3, 0.4) is 0 Å². The van der Waals surface area contributed by atoms with Crippen molar-refractivity contribution in [1.29, 1.82) is 0 Å². The minimum Gasteiger partial charge on any atom is -0.466 e. The smallest absolute Gasteiger partial charge is 0.410 e. The molecule has 1 fully saturated rings. The number of amides is 1. The third-order valence-electron chi connectivity index (χ3n) is 4.02. The first-order chi connectivity index (χ1) is 13.0. The number of hydrogen-bond acceptors (Lipinski definition) is 8. The van der Waals surface area contributed by atoms with Gasteiger partial charge < -0.3 is 23.8 Å². The van der Waals surface area contributed by atoms with Gasteiger partial charge in [-0.25, -0.2) is 4.79 Å². The zero-order chi connectivity index (χ0) is 21.4. The predicted octanol–water partition coefficient (Wildman–Crippen LogP) is 2.21. The van der Waals surface area contributed by atoms with Gasteiger partial charge >= 0.3 is 24.0 Å². The van der Waals surface area contributed by atoms with Gasteiger partial charge in [0.2, 0.25) is 0 Å². The quantitative estimate of drug-likeness (QED) is 0.363. The molecule has 0 radical (unpaired) electrons. The van der Waals surface area contributed by atoms with Crippen molar-refractivity contribution in [3.8, 4) is 0 Å². The number of hydrogen-bond donors (Lipinski definition) is 0. The fraction of sp³-hybridized carbons (Fsp3) is 0.789. The number of ether oxygens (including phenoxy) is 4. The lowest BCUT2D eigenvalue weighted by Gasteiger charge is -2.40. The molecule has 9 nitrogen and oxygen atoms in total. The van der Waals surface area contributed by atoms with E-state index in [1.807, 2.05) is 0 Å². The Morgan fingerprint density at radius 2 is 1.43 bits per heavy atom. The van der Waals surface area contributed by atoms with Crippen LogP contribution < -0.4 is 0 Å². The number of rotatable bonds is 7. The Labute approximate surface area is 165 Å². The standard InChI is InChI=1S/C19H31NO8/c1-6-25-14(21)12-15(22)27-19(13-16(23)26-7-2)8-10-20(11-9-19)17(24)28-18(3,4)5/h6-13H2,1-5H3. The summed E-state index contributed by atoms with van der Waals surface area (Å²) in [7, 11) is 0. The summed E-state index contributed by atoms with van der Waals surface area (Å²) < 4.78 is 20.6. The number of nitrogens with zero attached hydrogens (tertiary/aromatic N) is 1. The highest BCUT2D eigenvalue weighted by Gasteiger charge is 2.42. The molecule has 1 saturated heterocycles. The molecular weight excluding hydrogens is 370 g/mol. The minimum atomic E-state index is -1.13. The molecule has 1 aliphatic heterocycles. The van der Waals surface area contributed by atoms with Crippen LogP contribution in [0.25, 0.3) is 0 Å². The Hall–Kier alpha value is -2.32. The summed E-state index contributed by atoms with van der Waals surface area (Å²) >= 11 is 0. The van der Waals surface area contributed by atoms with E-state index in [-0.39, 0.29) is 45.6 Å². The molecule has 160 valence electrons. The Balaban J connectivity index is 2.79. The van der Waals surface area contributed by atoms with Crippen molar-refractivity contribution in [2.45, 2.75) is 71.5 Å². The van der Waals surface area contributed by atoms with E-state index in [4.69, 9.17) is 18.9 Å². The molecule has 0 aliphatic carbocycles. The Bertz CT molecular complexity index is 573. The second-order valence-electron chi connectivity index (χ2n) is 7.59. The Kier molecular flexibility index (Phi) is 8.71. The van der Waals surface area contributed by atoms with Gasteiger partial charge in [-0.15, -0.1) is 0 Å². The van der Waals surface area contributed by atoms with Crippen molar-refractivity contribution in [2.24, 2.45) is 0 Å². The van der Waals surface area contributed by atoms with Crippen LogP contribution in [0.15, 0.2) is 0 Å². The third kappa shape index (κ3) is 8.14. The maximum absolute atomic E-state index is 12.2. The maximum Gasteiger partial charge on any atom is 0.410 e. The van der Waals surface area contributed by atoms with Gasteiger partial charge in [0.05, 0.1) is 19.6 Å². The second kappa shape index (κ2) is 10.3. The molecule has 1 heterocycles. The van der Waals surface area contributed by atoms with E-state index in [1.54, 1.807) is 34.6 Å². The average Bonchev–Trinajstić information content (AvgIpc) is 2.53. The van der Waals surface area contributed by atoms with E-state index in [1.165, 1.54) is 4.90 Å². The molecule has 0 spiro atoms. The zero-order valence-electron chi connectivity index (χ0n) is 17.4. The van der Waals surface area contributed by atoms with Crippen molar-refractivity contribution in [3.63, 3.8) is 0 Å². The highest BCUT2D eigenvalue weighted by molar-refractivity contribution is 5.91.